The fourth-order valence-corrected chi connectivity index (χ4v) is 2.07. The van der Waals surface area contributed by atoms with E-state index in [1.807, 2.05) is 0 Å². The predicted octanol–water partition coefficient (Wildman–Crippen LogP) is 2.99. The lowest BCUT2D eigenvalue weighted by Gasteiger charge is -2.12. The zero-order valence-corrected chi connectivity index (χ0v) is 12.1. The Kier molecular flexibility index (Phi) is 3.62. The van der Waals surface area contributed by atoms with Gasteiger partial charge in [-0.3, -0.25) is 5.32 Å². The number of hydrogen-bond donors (Lipinski definition) is 3. The number of ether oxygens (including phenoxy) is 1. The number of benzene rings is 1. The van der Waals surface area contributed by atoms with Gasteiger partial charge in [0.2, 0.25) is 11.8 Å². The molecule has 0 atom stereocenters. The van der Waals surface area contributed by atoms with E-state index in [0.29, 0.717) is 0 Å². The van der Waals surface area contributed by atoms with Gasteiger partial charge in [-0.25, -0.2) is 13.6 Å². The van der Waals surface area contributed by atoms with Crippen molar-refractivity contribution in [3.8, 4) is 11.6 Å². The minimum absolute atomic E-state index is 0.00347. The number of fused-ring (bicyclic) bond motifs is 1. The average Bonchev–Trinajstić information content (AvgIpc) is 2.88. The van der Waals surface area contributed by atoms with E-state index in [2.05, 4.69) is 15.5 Å². The summed E-state index contributed by atoms with van der Waals surface area (Å²) in [6, 6.07) is 6.60. The van der Waals surface area contributed by atoms with Gasteiger partial charge in [0.1, 0.15) is 5.82 Å². The van der Waals surface area contributed by atoms with Crippen molar-refractivity contribution in [3.05, 3.63) is 41.2 Å². The smallest absolute Gasteiger partial charge is 0.411 e. The van der Waals surface area contributed by atoms with E-state index in [0.717, 1.165) is 6.07 Å². The van der Waals surface area contributed by atoms with Crippen LogP contribution in [-0.4, -0.2) is 25.8 Å². The van der Waals surface area contributed by atoms with Gasteiger partial charge in [0.15, 0.2) is 11.4 Å². The van der Waals surface area contributed by atoms with Crippen molar-refractivity contribution in [2.45, 2.75) is 0 Å². The van der Waals surface area contributed by atoms with E-state index in [1.165, 1.54) is 28.7 Å². The molecule has 3 aromatic rings. The van der Waals surface area contributed by atoms with Crippen LogP contribution in [0.25, 0.3) is 5.65 Å². The lowest BCUT2D eigenvalue weighted by molar-refractivity contribution is 0.209. The third-order valence-corrected chi connectivity index (χ3v) is 3.18. The normalized spacial score (nSPS) is 10.7. The number of nitrogen functional groups attached to an aromatic ring is 1. The Morgan fingerprint density at radius 1 is 1.35 bits per heavy atom. The Balaban J connectivity index is 2.15. The molecule has 10 heteroatoms. The number of nitrogens with one attached hydrogen (secondary N) is 1. The number of aromatic nitrogens is 3. The van der Waals surface area contributed by atoms with Crippen molar-refractivity contribution in [1.29, 1.82) is 0 Å². The number of halogens is 2. The Morgan fingerprint density at radius 2 is 2.13 bits per heavy atom. The largest absolute Gasteiger partial charge is 0.465 e. The third kappa shape index (κ3) is 2.81. The summed E-state index contributed by atoms with van der Waals surface area (Å²) < 4.78 is 20.2. The van der Waals surface area contributed by atoms with Crippen LogP contribution in [0.2, 0.25) is 5.02 Å². The first-order valence-electron chi connectivity index (χ1n) is 6.22. The zero-order chi connectivity index (χ0) is 16.6. The van der Waals surface area contributed by atoms with Gasteiger partial charge in [-0.15, -0.1) is 10.2 Å². The van der Waals surface area contributed by atoms with E-state index in [1.54, 1.807) is 0 Å². The van der Waals surface area contributed by atoms with Crippen LogP contribution in [0, 0.1) is 5.82 Å². The Morgan fingerprint density at radius 3 is 2.87 bits per heavy atom. The van der Waals surface area contributed by atoms with Gasteiger partial charge in [-0.05, 0) is 24.3 Å². The second kappa shape index (κ2) is 5.61. The molecule has 0 spiro atoms. The minimum atomic E-state index is -1.34. The maximum Gasteiger partial charge on any atom is 0.411 e. The van der Waals surface area contributed by atoms with E-state index >= 15 is 0 Å². The summed E-state index contributed by atoms with van der Waals surface area (Å²) in [6.07, 6.45) is -1.34. The molecule has 2 aromatic heterocycles. The van der Waals surface area contributed by atoms with Gasteiger partial charge in [0.25, 0.3) is 0 Å². The van der Waals surface area contributed by atoms with E-state index in [4.69, 9.17) is 27.2 Å². The number of amides is 1. The molecule has 2 heterocycles. The second-order valence-electron chi connectivity index (χ2n) is 4.42. The number of pyridine rings is 1. The van der Waals surface area contributed by atoms with Crippen LogP contribution < -0.4 is 15.8 Å². The summed E-state index contributed by atoms with van der Waals surface area (Å²) in [6.45, 7) is 0. The molecule has 0 saturated heterocycles. The first-order chi connectivity index (χ1) is 11.0. The van der Waals surface area contributed by atoms with E-state index in [9.17, 15) is 9.18 Å². The monoisotopic (exact) mass is 337 g/mol. The van der Waals surface area contributed by atoms with Gasteiger partial charge in [0.05, 0.1) is 10.7 Å². The standard InChI is InChI=1S/C13H9ClFN5O3/c14-7-2-1-6(15)5-9(7)23-11-8(16)3-4-10-18-19-12(20(10)11)17-13(21)22/h1-5H,16H2,(H,17,19)(H,21,22). The van der Waals surface area contributed by atoms with Crippen LogP contribution in [0.5, 0.6) is 11.6 Å². The average molecular weight is 338 g/mol. The van der Waals surface area contributed by atoms with Crippen LogP contribution in [0.4, 0.5) is 20.8 Å². The molecule has 0 aliphatic heterocycles. The van der Waals surface area contributed by atoms with Crippen LogP contribution in [0.1, 0.15) is 0 Å². The molecule has 0 aliphatic carbocycles. The van der Waals surface area contributed by atoms with Crippen LogP contribution >= 0.6 is 11.6 Å². The van der Waals surface area contributed by atoms with Gasteiger partial charge >= 0.3 is 6.09 Å². The highest BCUT2D eigenvalue weighted by Gasteiger charge is 2.17. The topological polar surface area (TPSA) is 115 Å². The first kappa shape index (κ1) is 14.9. The van der Waals surface area contributed by atoms with Crippen LogP contribution in [-0.2, 0) is 0 Å². The minimum Gasteiger partial charge on any atom is -0.465 e. The number of carbonyl (C=O) groups is 1. The molecule has 0 fully saturated rings. The summed E-state index contributed by atoms with van der Waals surface area (Å²) in [7, 11) is 0. The lowest BCUT2D eigenvalue weighted by atomic mass is 10.3. The molecule has 0 bridgehead atoms. The summed E-state index contributed by atoms with van der Waals surface area (Å²) in [4.78, 5) is 10.8. The van der Waals surface area contributed by atoms with Crippen molar-refractivity contribution in [1.82, 2.24) is 14.6 Å². The molecule has 0 unspecified atom stereocenters. The fraction of sp³-hybridized carbons (Fsp3) is 0. The molecule has 1 aromatic carbocycles. The number of hydrogen-bond acceptors (Lipinski definition) is 5. The molecule has 1 amide bonds. The number of carboxylic acid groups (broad SMARTS) is 1. The predicted molar refractivity (Wildman–Crippen MR) is 80.5 cm³/mol. The SMILES string of the molecule is Nc1ccc2nnc(NC(=O)O)n2c1Oc1cc(F)ccc1Cl. The maximum atomic E-state index is 13.4. The Hall–Kier alpha value is -3.07. The Bertz CT molecular complexity index is 914. The highest BCUT2D eigenvalue weighted by atomic mass is 35.5. The molecule has 3 rings (SSSR count). The first-order valence-corrected chi connectivity index (χ1v) is 6.60. The second-order valence-corrected chi connectivity index (χ2v) is 4.83. The van der Waals surface area contributed by atoms with Crippen molar-refractivity contribution >= 4 is 35.0 Å². The lowest BCUT2D eigenvalue weighted by Crippen LogP contribution is -2.11. The fourth-order valence-electron chi connectivity index (χ4n) is 1.91. The summed E-state index contributed by atoms with van der Waals surface area (Å²) in [5, 5.41) is 18.6. The van der Waals surface area contributed by atoms with Gasteiger partial charge in [-0.1, -0.05) is 11.6 Å². The molecule has 0 saturated carbocycles. The van der Waals surface area contributed by atoms with Crippen LogP contribution in [0.3, 0.4) is 0 Å². The van der Waals surface area contributed by atoms with Crippen LogP contribution in [0.15, 0.2) is 30.3 Å². The third-order valence-electron chi connectivity index (χ3n) is 2.87. The van der Waals surface area contributed by atoms with E-state index in [-0.39, 0.29) is 33.9 Å². The highest BCUT2D eigenvalue weighted by Crippen LogP contribution is 2.34. The number of nitrogens with two attached hydrogens (primary N) is 1. The van der Waals surface area contributed by atoms with Crippen molar-refractivity contribution in [2.24, 2.45) is 0 Å². The molecule has 23 heavy (non-hydrogen) atoms. The summed E-state index contributed by atoms with van der Waals surface area (Å²) in [5.74, 6) is -0.658. The number of rotatable bonds is 3. The Labute approximate surface area is 133 Å². The highest BCUT2D eigenvalue weighted by molar-refractivity contribution is 6.32. The molecule has 0 radical (unpaired) electrons. The van der Waals surface area contributed by atoms with Gasteiger partial charge in [-0.2, -0.15) is 0 Å². The quantitative estimate of drug-likeness (QED) is 0.676. The zero-order valence-electron chi connectivity index (χ0n) is 11.3. The summed E-state index contributed by atoms with van der Waals surface area (Å²) in [5.41, 5.74) is 6.31. The van der Waals surface area contributed by atoms with Gasteiger partial charge < -0.3 is 15.6 Å². The molecular weight excluding hydrogens is 329 g/mol. The van der Waals surface area contributed by atoms with Crippen molar-refractivity contribution in [3.63, 3.8) is 0 Å². The molecule has 118 valence electrons. The molecular formula is C13H9ClFN5O3. The van der Waals surface area contributed by atoms with Crippen molar-refractivity contribution in [2.75, 3.05) is 11.1 Å². The molecule has 0 aliphatic rings. The summed E-state index contributed by atoms with van der Waals surface area (Å²) >= 11 is 5.96. The maximum absolute atomic E-state index is 13.4. The van der Waals surface area contributed by atoms with E-state index < -0.39 is 11.9 Å². The molecule has 8 nitrogen and oxygen atoms in total. The van der Waals surface area contributed by atoms with Crippen molar-refractivity contribution < 1.29 is 19.0 Å². The number of nitrogens with zero attached hydrogens (tertiary/aromatic N) is 3. The van der Waals surface area contributed by atoms with Gasteiger partial charge in [0, 0.05) is 6.07 Å². The number of anilines is 2. The molecule has 4 N–H and O–H groups in total.